The van der Waals surface area contributed by atoms with Gasteiger partial charge in [0.05, 0.1) is 23.2 Å². The molecule has 1 aliphatic heterocycles. The summed E-state index contributed by atoms with van der Waals surface area (Å²) in [6.45, 7) is 0. The molecule has 3 atom stereocenters. The van der Waals surface area contributed by atoms with Crippen molar-refractivity contribution in [2.24, 2.45) is 0 Å². The van der Waals surface area contributed by atoms with E-state index in [0.717, 1.165) is 19.3 Å². The Labute approximate surface area is 134 Å². The van der Waals surface area contributed by atoms with E-state index in [2.05, 4.69) is 16.0 Å². The van der Waals surface area contributed by atoms with Gasteiger partial charge in [-0.1, -0.05) is 36.6 Å². The van der Waals surface area contributed by atoms with Crippen molar-refractivity contribution < 1.29 is 9.59 Å². The highest BCUT2D eigenvalue weighted by Crippen LogP contribution is 2.23. The number of carbonyl (C=O) groups excluding carboxylic acids is 2. The Morgan fingerprint density at radius 1 is 1.23 bits per heavy atom. The van der Waals surface area contributed by atoms with Crippen molar-refractivity contribution in [3.8, 4) is 0 Å². The van der Waals surface area contributed by atoms with Crippen LogP contribution in [0, 0.1) is 0 Å². The van der Waals surface area contributed by atoms with E-state index in [9.17, 15) is 9.59 Å². The number of rotatable bonds is 3. The Bertz CT molecular complexity index is 578. The van der Waals surface area contributed by atoms with Crippen molar-refractivity contribution in [2.75, 3.05) is 5.32 Å². The summed E-state index contributed by atoms with van der Waals surface area (Å²) in [5.74, 6) is -0.299. The minimum Gasteiger partial charge on any atom is -0.350 e. The van der Waals surface area contributed by atoms with E-state index in [1.807, 2.05) is 0 Å². The van der Waals surface area contributed by atoms with Crippen molar-refractivity contribution in [2.45, 2.75) is 50.2 Å². The van der Waals surface area contributed by atoms with Crippen molar-refractivity contribution in [1.29, 1.82) is 0 Å². The Morgan fingerprint density at radius 3 is 2.73 bits per heavy atom. The largest absolute Gasteiger partial charge is 0.350 e. The molecule has 22 heavy (non-hydrogen) atoms. The van der Waals surface area contributed by atoms with Crippen LogP contribution in [-0.2, 0) is 9.59 Å². The molecule has 118 valence electrons. The van der Waals surface area contributed by atoms with Gasteiger partial charge in [0.1, 0.15) is 0 Å². The lowest BCUT2D eigenvalue weighted by molar-refractivity contribution is -0.129. The molecule has 1 heterocycles. The number of piperazine rings is 1. The minimum atomic E-state index is -0.471. The third kappa shape index (κ3) is 3.42. The van der Waals surface area contributed by atoms with E-state index in [-0.39, 0.29) is 30.3 Å². The number of nitrogens with one attached hydrogen (secondary N) is 3. The normalized spacial score (nSPS) is 27.7. The van der Waals surface area contributed by atoms with Gasteiger partial charge in [-0.05, 0) is 25.0 Å². The summed E-state index contributed by atoms with van der Waals surface area (Å²) in [4.78, 5) is 24.3. The van der Waals surface area contributed by atoms with E-state index < -0.39 is 6.04 Å². The van der Waals surface area contributed by atoms with Crippen LogP contribution in [0.1, 0.15) is 32.1 Å². The maximum atomic E-state index is 12.1. The maximum absolute atomic E-state index is 12.1. The number of hydrogen-bond acceptors (Lipinski definition) is 3. The Balaban J connectivity index is 1.59. The first kappa shape index (κ1) is 15.3. The predicted octanol–water partition coefficient (Wildman–Crippen LogP) is 2.07. The van der Waals surface area contributed by atoms with Crippen LogP contribution in [0.2, 0.25) is 5.02 Å². The van der Waals surface area contributed by atoms with E-state index in [0.29, 0.717) is 10.7 Å². The van der Waals surface area contributed by atoms with Gasteiger partial charge in [-0.25, -0.2) is 0 Å². The number of carbonyl (C=O) groups is 2. The summed E-state index contributed by atoms with van der Waals surface area (Å²) in [6, 6.07) is 7.09. The molecular weight excluding hydrogens is 302 g/mol. The first-order valence-corrected chi connectivity index (χ1v) is 8.12. The Morgan fingerprint density at radius 2 is 1.95 bits per heavy atom. The number of anilines is 1. The minimum absolute atomic E-state index is 0.0857. The van der Waals surface area contributed by atoms with Crippen LogP contribution in [0.4, 0.5) is 5.69 Å². The van der Waals surface area contributed by atoms with Crippen molar-refractivity contribution >= 4 is 29.1 Å². The number of para-hydroxylation sites is 1. The lowest BCUT2D eigenvalue weighted by Gasteiger charge is -2.40. The van der Waals surface area contributed by atoms with Gasteiger partial charge in [0.2, 0.25) is 11.8 Å². The van der Waals surface area contributed by atoms with E-state index in [1.165, 1.54) is 6.42 Å². The maximum Gasteiger partial charge on any atom is 0.237 e. The highest BCUT2D eigenvalue weighted by Gasteiger charge is 2.36. The fourth-order valence-corrected chi connectivity index (χ4v) is 3.40. The van der Waals surface area contributed by atoms with Crippen LogP contribution in [-0.4, -0.2) is 29.9 Å². The third-order valence-electron chi connectivity index (χ3n) is 4.36. The second-order valence-electron chi connectivity index (χ2n) is 5.96. The fourth-order valence-electron chi connectivity index (χ4n) is 3.22. The van der Waals surface area contributed by atoms with Gasteiger partial charge in [0.25, 0.3) is 0 Å². The summed E-state index contributed by atoms with van der Waals surface area (Å²) in [5.41, 5.74) is 0.570. The standard InChI is InChI=1S/C16H20ClN3O2/c17-10-5-1-2-6-11(10)19-15(21)9-14-16(22)20-13-8-4-3-7-12(13)18-14/h1-2,5-6,12-14,18H,3-4,7-9H2,(H,19,21)(H,20,22)/t12-,13+,14-/m1/s1. The van der Waals surface area contributed by atoms with Gasteiger partial charge < -0.3 is 16.0 Å². The molecule has 0 radical (unpaired) electrons. The topological polar surface area (TPSA) is 70.2 Å². The molecular formula is C16H20ClN3O2. The first-order valence-electron chi connectivity index (χ1n) is 7.74. The van der Waals surface area contributed by atoms with Crippen LogP contribution in [0.3, 0.4) is 0 Å². The average Bonchev–Trinajstić information content (AvgIpc) is 2.50. The molecule has 0 unspecified atom stereocenters. The van der Waals surface area contributed by atoms with Crippen LogP contribution in [0.25, 0.3) is 0 Å². The van der Waals surface area contributed by atoms with E-state index in [1.54, 1.807) is 24.3 Å². The monoisotopic (exact) mass is 321 g/mol. The number of hydrogen-bond donors (Lipinski definition) is 3. The highest BCUT2D eigenvalue weighted by molar-refractivity contribution is 6.33. The molecule has 2 aliphatic rings. The lowest BCUT2D eigenvalue weighted by Crippen LogP contribution is -2.65. The zero-order valence-electron chi connectivity index (χ0n) is 12.3. The van der Waals surface area contributed by atoms with E-state index in [4.69, 9.17) is 11.6 Å². The van der Waals surface area contributed by atoms with Crippen LogP contribution in [0.5, 0.6) is 0 Å². The summed E-state index contributed by atoms with van der Waals surface area (Å²) in [6.07, 6.45) is 4.50. The second-order valence-corrected chi connectivity index (χ2v) is 6.36. The fraction of sp³-hybridized carbons (Fsp3) is 0.500. The van der Waals surface area contributed by atoms with Gasteiger partial charge >= 0.3 is 0 Å². The van der Waals surface area contributed by atoms with Gasteiger partial charge in [-0.3, -0.25) is 9.59 Å². The molecule has 3 N–H and O–H groups in total. The third-order valence-corrected chi connectivity index (χ3v) is 4.69. The van der Waals surface area contributed by atoms with Crippen molar-refractivity contribution in [3.63, 3.8) is 0 Å². The molecule has 1 aliphatic carbocycles. The summed E-state index contributed by atoms with van der Waals surface area (Å²) >= 11 is 6.02. The zero-order valence-corrected chi connectivity index (χ0v) is 13.0. The summed E-state index contributed by atoms with van der Waals surface area (Å²) in [7, 11) is 0. The molecule has 6 heteroatoms. The van der Waals surface area contributed by atoms with Gasteiger partial charge in [0, 0.05) is 12.1 Å². The van der Waals surface area contributed by atoms with Crippen molar-refractivity contribution in [1.82, 2.24) is 10.6 Å². The molecule has 5 nitrogen and oxygen atoms in total. The summed E-state index contributed by atoms with van der Waals surface area (Å²) < 4.78 is 0. The molecule has 1 saturated carbocycles. The average molecular weight is 322 g/mol. The van der Waals surface area contributed by atoms with Gasteiger partial charge in [0.15, 0.2) is 0 Å². The molecule has 0 aromatic heterocycles. The molecule has 1 aromatic rings. The number of halogens is 1. The van der Waals surface area contributed by atoms with Gasteiger partial charge in [-0.15, -0.1) is 0 Å². The molecule has 3 rings (SSSR count). The molecule has 1 aromatic carbocycles. The molecule has 2 fully saturated rings. The van der Waals surface area contributed by atoms with E-state index >= 15 is 0 Å². The number of benzene rings is 1. The van der Waals surface area contributed by atoms with Crippen LogP contribution >= 0.6 is 11.6 Å². The molecule has 0 bridgehead atoms. The SMILES string of the molecule is O=C(C[C@H]1N[C@@H]2CCCC[C@@H]2NC1=O)Nc1ccccc1Cl. The van der Waals surface area contributed by atoms with Gasteiger partial charge in [-0.2, -0.15) is 0 Å². The predicted molar refractivity (Wildman–Crippen MR) is 85.8 cm³/mol. The Hall–Kier alpha value is -1.59. The summed E-state index contributed by atoms with van der Waals surface area (Å²) in [5, 5.41) is 9.62. The Kier molecular flexibility index (Phi) is 4.64. The van der Waals surface area contributed by atoms with Crippen molar-refractivity contribution in [3.05, 3.63) is 29.3 Å². The second kappa shape index (κ2) is 6.67. The molecule has 1 saturated heterocycles. The van der Waals surface area contributed by atoms with Crippen LogP contribution < -0.4 is 16.0 Å². The number of amides is 2. The highest BCUT2D eigenvalue weighted by atomic mass is 35.5. The smallest absolute Gasteiger partial charge is 0.237 e. The van der Waals surface area contributed by atoms with Crippen LogP contribution in [0.15, 0.2) is 24.3 Å². The lowest BCUT2D eigenvalue weighted by atomic mass is 9.87. The molecule has 2 amide bonds. The first-order chi connectivity index (χ1) is 10.6. The zero-order chi connectivity index (χ0) is 15.5. The quantitative estimate of drug-likeness (QED) is 0.798. The number of fused-ring (bicyclic) bond motifs is 1. The molecule has 0 spiro atoms.